The normalized spacial score (nSPS) is 15.2. The molecule has 0 saturated carbocycles. The smallest absolute Gasteiger partial charge is 0.191 e. The third-order valence-corrected chi connectivity index (χ3v) is 9.15. The van der Waals surface area contributed by atoms with Crippen molar-refractivity contribution in [1.82, 2.24) is 0 Å². The van der Waals surface area contributed by atoms with Crippen molar-refractivity contribution in [2.24, 2.45) is 0 Å². The van der Waals surface area contributed by atoms with Gasteiger partial charge in [-0.1, -0.05) is 50.6 Å². The maximum Gasteiger partial charge on any atom is 0.191 e. The highest BCUT2D eigenvalue weighted by molar-refractivity contribution is 6.74. The Morgan fingerprint density at radius 1 is 1.30 bits per heavy atom. The van der Waals surface area contributed by atoms with Crippen molar-refractivity contribution in [2.45, 2.75) is 84.0 Å². The van der Waals surface area contributed by atoms with Gasteiger partial charge in [-0.2, -0.15) is 0 Å². The molecule has 0 aromatic heterocycles. The molecule has 0 heterocycles. The van der Waals surface area contributed by atoms with Crippen LogP contribution in [0, 0.1) is 0 Å². The van der Waals surface area contributed by atoms with Crippen LogP contribution in [-0.2, 0) is 4.43 Å². The Bertz CT molecular complexity index is 389. The minimum atomic E-state index is -1.59. The maximum absolute atomic E-state index is 9.66. The zero-order chi connectivity index (χ0) is 17.9. The molecule has 0 amide bonds. The van der Waals surface area contributed by atoms with Crippen molar-refractivity contribution in [1.29, 1.82) is 0 Å². The van der Waals surface area contributed by atoms with Crippen LogP contribution in [0.4, 0.5) is 0 Å². The minimum absolute atomic E-state index is 0.257. The van der Waals surface area contributed by atoms with Gasteiger partial charge in [0.1, 0.15) is 0 Å². The van der Waals surface area contributed by atoms with Gasteiger partial charge in [0.05, 0.1) is 6.10 Å². The quantitative estimate of drug-likeness (QED) is 0.216. The first-order valence-electron chi connectivity index (χ1n) is 8.85. The molecule has 1 N–H and O–H groups in total. The van der Waals surface area contributed by atoms with E-state index < -0.39 is 8.32 Å². The lowest BCUT2D eigenvalue weighted by molar-refractivity contribution is 0.168. The molecule has 1 atom stereocenters. The number of aliphatic hydroxyl groups is 1. The number of unbranched alkanes of at least 4 members (excludes halogenated alkanes) is 1. The summed E-state index contributed by atoms with van der Waals surface area (Å²) in [6.45, 7) is 18.1. The third kappa shape index (κ3) is 10.7. The van der Waals surface area contributed by atoms with Crippen LogP contribution in [0.25, 0.3) is 0 Å². The first-order chi connectivity index (χ1) is 10.6. The Kier molecular flexibility index (Phi) is 10.7. The summed E-state index contributed by atoms with van der Waals surface area (Å²) in [4.78, 5) is 0. The fourth-order valence-electron chi connectivity index (χ4n) is 1.86. The average molecular weight is 339 g/mol. The first-order valence-corrected chi connectivity index (χ1v) is 11.8. The van der Waals surface area contributed by atoms with Crippen LogP contribution in [-0.4, -0.2) is 26.1 Å². The van der Waals surface area contributed by atoms with Gasteiger partial charge in [-0.25, -0.2) is 0 Å². The lowest BCUT2D eigenvalue weighted by Gasteiger charge is -2.36. The summed E-state index contributed by atoms with van der Waals surface area (Å²) in [7, 11) is -1.59. The van der Waals surface area contributed by atoms with Crippen LogP contribution in [0.3, 0.4) is 0 Å². The Morgan fingerprint density at radius 3 is 2.52 bits per heavy atom. The van der Waals surface area contributed by atoms with Crippen molar-refractivity contribution >= 4 is 8.32 Å². The largest absolute Gasteiger partial charge is 0.417 e. The second-order valence-corrected chi connectivity index (χ2v) is 12.7. The summed E-state index contributed by atoms with van der Waals surface area (Å²) in [5.74, 6) is 0. The fourth-order valence-corrected chi connectivity index (χ4v) is 2.95. The van der Waals surface area contributed by atoms with E-state index in [2.05, 4.69) is 65.6 Å². The molecule has 2 nitrogen and oxygen atoms in total. The van der Waals surface area contributed by atoms with Crippen molar-refractivity contribution in [2.75, 3.05) is 6.61 Å². The molecule has 0 aliphatic rings. The number of hydrogen-bond donors (Lipinski definition) is 1. The molecule has 0 aliphatic heterocycles. The van der Waals surface area contributed by atoms with Gasteiger partial charge in [-0.3, -0.25) is 0 Å². The predicted octanol–water partition coefficient (Wildman–Crippen LogP) is 6.01. The van der Waals surface area contributed by atoms with E-state index in [1.54, 1.807) is 6.08 Å². The minimum Gasteiger partial charge on any atom is -0.417 e. The maximum atomic E-state index is 9.66. The highest BCUT2D eigenvalue weighted by Crippen LogP contribution is 2.36. The standard InChI is InChI=1S/C20H38O2Si/c1-8-13-19(21)16-15-18(2)14-11-9-10-12-17-22-23(6,7)20(3,4)5/h8-9,11,14,19,21H,1,10,12-13,15-17H2,2-7H3/b11-9+,18-14+/t19-/m0/s1. The summed E-state index contributed by atoms with van der Waals surface area (Å²) in [5.41, 5.74) is 1.31. The van der Waals surface area contributed by atoms with Gasteiger partial charge in [0.2, 0.25) is 0 Å². The van der Waals surface area contributed by atoms with Crippen LogP contribution in [0.5, 0.6) is 0 Å². The molecule has 23 heavy (non-hydrogen) atoms. The predicted molar refractivity (Wildman–Crippen MR) is 105 cm³/mol. The van der Waals surface area contributed by atoms with E-state index in [1.807, 2.05) is 0 Å². The van der Waals surface area contributed by atoms with E-state index in [-0.39, 0.29) is 6.10 Å². The van der Waals surface area contributed by atoms with Gasteiger partial charge in [0.25, 0.3) is 0 Å². The molecule has 0 spiro atoms. The van der Waals surface area contributed by atoms with Crippen molar-refractivity contribution < 1.29 is 9.53 Å². The molecule has 0 fully saturated rings. The molecule has 0 aliphatic carbocycles. The molecule has 0 aromatic rings. The molecule has 3 heteroatoms. The van der Waals surface area contributed by atoms with E-state index in [0.29, 0.717) is 11.5 Å². The van der Waals surface area contributed by atoms with E-state index in [4.69, 9.17) is 4.43 Å². The lowest BCUT2D eigenvalue weighted by Crippen LogP contribution is -2.40. The van der Waals surface area contributed by atoms with Gasteiger partial charge < -0.3 is 9.53 Å². The summed E-state index contributed by atoms with van der Waals surface area (Å²) in [5, 5.41) is 9.95. The van der Waals surface area contributed by atoms with Crippen LogP contribution in [0.15, 0.2) is 36.5 Å². The number of rotatable bonds is 11. The topological polar surface area (TPSA) is 29.5 Å². The summed E-state index contributed by atoms with van der Waals surface area (Å²) >= 11 is 0. The highest BCUT2D eigenvalue weighted by atomic mass is 28.4. The Hall–Kier alpha value is -0.643. The molecule has 0 saturated heterocycles. The van der Waals surface area contributed by atoms with Gasteiger partial charge in [0, 0.05) is 6.61 Å². The van der Waals surface area contributed by atoms with E-state index in [9.17, 15) is 5.11 Å². The monoisotopic (exact) mass is 338 g/mol. The van der Waals surface area contributed by atoms with Gasteiger partial charge in [-0.05, 0) is 57.2 Å². The van der Waals surface area contributed by atoms with Crippen molar-refractivity contribution in [3.63, 3.8) is 0 Å². The van der Waals surface area contributed by atoms with E-state index in [1.165, 1.54) is 5.57 Å². The average Bonchev–Trinajstić information content (AvgIpc) is 2.43. The molecule has 134 valence electrons. The van der Waals surface area contributed by atoms with Crippen LogP contribution in [0.1, 0.15) is 59.8 Å². The molecule has 0 radical (unpaired) electrons. The second-order valence-electron chi connectivity index (χ2n) is 7.91. The van der Waals surface area contributed by atoms with E-state index in [0.717, 1.165) is 32.3 Å². The molecular formula is C20H38O2Si. The molecule has 0 rings (SSSR count). The van der Waals surface area contributed by atoms with Gasteiger partial charge in [0.15, 0.2) is 8.32 Å². The Balaban J connectivity index is 3.90. The zero-order valence-corrected chi connectivity index (χ0v) is 17.2. The summed E-state index contributed by atoms with van der Waals surface area (Å²) < 4.78 is 6.16. The molecular weight excluding hydrogens is 300 g/mol. The summed E-state index contributed by atoms with van der Waals surface area (Å²) in [6.07, 6.45) is 12.6. The first kappa shape index (κ1) is 22.4. The molecule has 0 unspecified atom stereocenters. The van der Waals surface area contributed by atoms with Gasteiger partial charge in [-0.15, -0.1) is 6.58 Å². The van der Waals surface area contributed by atoms with Crippen molar-refractivity contribution in [3.8, 4) is 0 Å². The zero-order valence-electron chi connectivity index (χ0n) is 16.2. The lowest BCUT2D eigenvalue weighted by atomic mass is 10.1. The number of aliphatic hydroxyl groups excluding tert-OH is 1. The Labute approximate surface area is 145 Å². The number of allylic oxidation sites excluding steroid dienone is 4. The van der Waals surface area contributed by atoms with E-state index >= 15 is 0 Å². The van der Waals surface area contributed by atoms with Crippen LogP contribution >= 0.6 is 0 Å². The van der Waals surface area contributed by atoms with Gasteiger partial charge >= 0.3 is 0 Å². The Morgan fingerprint density at radius 2 is 1.96 bits per heavy atom. The van der Waals surface area contributed by atoms with Crippen LogP contribution in [0.2, 0.25) is 18.1 Å². The van der Waals surface area contributed by atoms with Crippen molar-refractivity contribution in [3.05, 3.63) is 36.5 Å². The fraction of sp³-hybridized carbons (Fsp3) is 0.700. The molecule has 0 aromatic carbocycles. The molecule has 0 bridgehead atoms. The summed E-state index contributed by atoms with van der Waals surface area (Å²) in [6, 6.07) is 0. The number of hydrogen-bond acceptors (Lipinski definition) is 2. The van der Waals surface area contributed by atoms with Crippen LogP contribution < -0.4 is 0 Å². The SMILES string of the molecule is C=CC[C@H](O)CC/C(C)=C/C=C/CCCO[Si](C)(C)C(C)(C)C. The highest BCUT2D eigenvalue weighted by Gasteiger charge is 2.36. The third-order valence-electron chi connectivity index (χ3n) is 4.61. The second kappa shape index (κ2) is 11.0.